The van der Waals surface area contributed by atoms with E-state index < -0.39 is 4.92 Å². The Balaban J connectivity index is 2.29. The second-order valence-electron chi connectivity index (χ2n) is 3.76. The van der Waals surface area contributed by atoms with Gasteiger partial charge in [-0.25, -0.2) is 0 Å². The maximum atomic E-state index is 10.9. The minimum absolute atomic E-state index is 0.143. The highest BCUT2D eigenvalue weighted by molar-refractivity contribution is 5.57. The summed E-state index contributed by atoms with van der Waals surface area (Å²) in [6.07, 6.45) is 0. The van der Waals surface area contributed by atoms with Gasteiger partial charge in [-0.2, -0.15) is 0 Å². The van der Waals surface area contributed by atoms with Gasteiger partial charge in [-0.3, -0.25) is 10.1 Å². The Morgan fingerprint density at radius 3 is 2.32 bits per heavy atom. The standard InChI is InChI=1S/C13H12N2O4/c1-18-10-3-5-11(6-4-10)19-13-7-2-9(14)8-12(13)15(16)17/h2-8H,14H2,1H3. The molecule has 0 spiro atoms. The molecule has 0 aliphatic heterocycles. The minimum Gasteiger partial charge on any atom is -0.497 e. The molecular weight excluding hydrogens is 248 g/mol. The predicted octanol–water partition coefficient (Wildman–Crippen LogP) is 2.98. The summed E-state index contributed by atoms with van der Waals surface area (Å²) in [5.41, 5.74) is 5.66. The van der Waals surface area contributed by atoms with Gasteiger partial charge in [0.1, 0.15) is 11.5 Å². The summed E-state index contributed by atoms with van der Waals surface area (Å²) in [5, 5.41) is 10.9. The largest absolute Gasteiger partial charge is 0.497 e. The van der Waals surface area contributed by atoms with Crippen LogP contribution >= 0.6 is 0 Å². The monoisotopic (exact) mass is 260 g/mol. The van der Waals surface area contributed by atoms with Crippen LogP contribution in [0.4, 0.5) is 11.4 Å². The molecule has 0 amide bonds. The molecule has 0 saturated heterocycles. The fourth-order valence-corrected chi connectivity index (χ4v) is 1.53. The molecule has 0 unspecified atom stereocenters. The van der Waals surface area contributed by atoms with Crippen molar-refractivity contribution in [2.75, 3.05) is 12.8 Å². The third kappa shape index (κ3) is 2.92. The van der Waals surface area contributed by atoms with Crippen LogP contribution in [0.3, 0.4) is 0 Å². The Morgan fingerprint density at radius 2 is 1.74 bits per heavy atom. The van der Waals surface area contributed by atoms with Gasteiger partial charge in [0.05, 0.1) is 12.0 Å². The normalized spacial score (nSPS) is 9.95. The van der Waals surface area contributed by atoms with Gasteiger partial charge in [0, 0.05) is 11.8 Å². The number of hydrogen-bond donors (Lipinski definition) is 1. The summed E-state index contributed by atoms with van der Waals surface area (Å²) < 4.78 is 10.5. The number of rotatable bonds is 4. The van der Waals surface area contributed by atoms with Crippen molar-refractivity contribution in [2.45, 2.75) is 0 Å². The molecule has 98 valence electrons. The average Bonchev–Trinajstić information content (AvgIpc) is 2.41. The number of nitrogens with two attached hydrogens (primary N) is 1. The molecule has 6 heteroatoms. The fraction of sp³-hybridized carbons (Fsp3) is 0.0769. The SMILES string of the molecule is COc1ccc(Oc2ccc(N)cc2[N+](=O)[O-])cc1. The number of nitro groups is 1. The lowest BCUT2D eigenvalue weighted by atomic mass is 10.2. The Bertz CT molecular complexity index is 596. The van der Waals surface area contributed by atoms with E-state index in [9.17, 15) is 10.1 Å². The molecule has 0 aromatic heterocycles. The summed E-state index contributed by atoms with van der Waals surface area (Å²) in [6, 6.07) is 11.0. The molecule has 0 radical (unpaired) electrons. The molecule has 0 atom stereocenters. The van der Waals surface area contributed by atoms with Gasteiger partial charge in [0.2, 0.25) is 5.75 Å². The van der Waals surface area contributed by atoms with E-state index in [1.54, 1.807) is 37.4 Å². The molecule has 19 heavy (non-hydrogen) atoms. The van der Waals surface area contributed by atoms with Gasteiger partial charge in [0.25, 0.3) is 0 Å². The van der Waals surface area contributed by atoms with E-state index in [1.807, 2.05) is 0 Å². The smallest absolute Gasteiger partial charge is 0.313 e. The first kappa shape index (κ1) is 12.7. The summed E-state index contributed by atoms with van der Waals surface area (Å²) in [6.45, 7) is 0. The van der Waals surface area contributed by atoms with E-state index in [1.165, 1.54) is 12.1 Å². The van der Waals surface area contributed by atoms with E-state index >= 15 is 0 Å². The van der Waals surface area contributed by atoms with Crippen molar-refractivity contribution in [1.82, 2.24) is 0 Å². The molecule has 2 rings (SSSR count). The zero-order chi connectivity index (χ0) is 13.8. The molecule has 2 aromatic rings. The zero-order valence-electron chi connectivity index (χ0n) is 10.2. The summed E-state index contributed by atoms with van der Waals surface area (Å²) in [5.74, 6) is 1.30. The van der Waals surface area contributed by atoms with Crippen LogP contribution in [0.1, 0.15) is 0 Å². The third-order valence-corrected chi connectivity index (χ3v) is 2.47. The third-order valence-electron chi connectivity index (χ3n) is 2.47. The number of ether oxygens (including phenoxy) is 2. The number of nitrogens with zero attached hydrogens (tertiary/aromatic N) is 1. The van der Waals surface area contributed by atoms with Gasteiger partial charge >= 0.3 is 5.69 Å². The molecule has 0 aliphatic rings. The summed E-state index contributed by atoms with van der Waals surface area (Å²) in [7, 11) is 1.56. The van der Waals surface area contributed by atoms with E-state index in [0.29, 0.717) is 17.2 Å². The molecule has 2 aromatic carbocycles. The number of benzene rings is 2. The first-order valence-electron chi connectivity index (χ1n) is 5.46. The molecule has 2 N–H and O–H groups in total. The minimum atomic E-state index is -0.533. The van der Waals surface area contributed by atoms with Crippen LogP contribution in [-0.2, 0) is 0 Å². The maximum absolute atomic E-state index is 10.9. The van der Waals surface area contributed by atoms with Crippen molar-refractivity contribution in [2.24, 2.45) is 0 Å². The van der Waals surface area contributed by atoms with Crippen molar-refractivity contribution in [3.8, 4) is 17.2 Å². The highest BCUT2D eigenvalue weighted by atomic mass is 16.6. The second kappa shape index (κ2) is 5.26. The second-order valence-corrected chi connectivity index (χ2v) is 3.76. The van der Waals surface area contributed by atoms with E-state index in [2.05, 4.69) is 0 Å². The molecule has 0 aliphatic carbocycles. The molecular formula is C13H12N2O4. The van der Waals surface area contributed by atoms with Crippen molar-refractivity contribution in [3.05, 3.63) is 52.6 Å². The van der Waals surface area contributed by atoms with Crippen LogP contribution in [0.2, 0.25) is 0 Å². The molecule has 0 saturated carbocycles. The number of hydrogen-bond acceptors (Lipinski definition) is 5. The fourth-order valence-electron chi connectivity index (χ4n) is 1.53. The van der Waals surface area contributed by atoms with Crippen molar-refractivity contribution >= 4 is 11.4 Å². The van der Waals surface area contributed by atoms with Crippen molar-refractivity contribution in [3.63, 3.8) is 0 Å². The van der Waals surface area contributed by atoms with Gasteiger partial charge in [-0.05, 0) is 36.4 Å². The van der Waals surface area contributed by atoms with Crippen LogP contribution in [-0.4, -0.2) is 12.0 Å². The number of anilines is 1. The zero-order valence-corrected chi connectivity index (χ0v) is 10.2. The Morgan fingerprint density at radius 1 is 1.11 bits per heavy atom. The van der Waals surface area contributed by atoms with Crippen LogP contribution in [0.5, 0.6) is 17.2 Å². The van der Waals surface area contributed by atoms with Crippen LogP contribution in [0.25, 0.3) is 0 Å². The van der Waals surface area contributed by atoms with Crippen LogP contribution in [0, 0.1) is 10.1 Å². The van der Waals surface area contributed by atoms with Crippen LogP contribution < -0.4 is 15.2 Å². The molecule has 0 fully saturated rings. The lowest BCUT2D eigenvalue weighted by Crippen LogP contribution is -1.95. The Kier molecular flexibility index (Phi) is 3.51. The van der Waals surface area contributed by atoms with E-state index in [-0.39, 0.29) is 11.4 Å². The van der Waals surface area contributed by atoms with Crippen LogP contribution in [0.15, 0.2) is 42.5 Å². The lowest BCUT2D eigenvalue weighted by molar-refractivity contribution is -0.385. The van der Waals surface area contributed by atoms with Gasteiger partial charge in [-0.15, -0.1) is 0 Å². The molecule has 0 heterocycles. The number of nitro benzene ring substituents is 1. The topological polar surface area (TPSA) is 87.6 Å². The highest BCUT2D eigenvalue weighted by Crippen LogP contribution is 2.33. The maximum Gasteiger partial charge on any atom is 0.313 e. The number of methoxy groups -OCH3 is 1. The summed E-state index contributed by atoms with van der Waals surface area (Å²) >= 11 is 0. The van der Waals surface area contributed by atoms with Gasteiger partial charge in [0.15, 0.2) is 0 Å². The van der Waals surface area contributed by atoms with Crippen molar-refractivity contribution < 1.29 is 14.4 Å². The Hall–Kier alpha value is -2.76. The van der Waals surface area contributed by atoms with Gasteiger partial charge < -0.3 is 15.2 Å². The summed E-state index contributed by atoms with van der Waals surface area (Å²) in [4.78, 5) is 10.4. The quantitative estimate of drug-likeness (QED) is 0.518. The average molecular weight is 260 g/mol. The lowest BCUT2D eigenvalue weighted by Gasteiger charge is -2.07. The molecule has 0 bridgehead atoms. The number of nitrogen functional groups attached to an aromatic ring is 1. The highest BCUT2D eigenvalue weighted by Gasteiger charge is 2.16. The van der Waals surface area contributed by atoms with Gasteiger partial charge in [-0.1, -0.05) is 0 Å². The Labute approximate surface area is 109 Å². The first-order valence-corrected chi connectivity index (χ1v) is 5.46. The predicted molar refractivity (Wildman–Crippen MR) is 70.6 cm³/mol. The van der Waals surface area contributed by atoms with Crippen molar-refractivity contribution in [1.29, 1.82) is 0 Å². The van der Waals surface area contributed by atoms with E-state index in [0.717, 1.165) is 0 Å². The molecule has 6 nitrogen and oxygen atoms in total. The van der Waals surface area contributed by atoms with E-state index in [4.69, 9.17) is 15.2 Å². The first-order chi connectivity index (χ1) is 9.10.